The maximum absolute atomic E-state index is 4.53. The lowest BCUT2D eigenvalue weighted by molar-refractivity contribution is 0.299. The van der Waals surface area contributed by atoms with Crippen LogP contribution in [0.4, 0.5) is 0 Å². The summed E-state index contributed by atoms with van der Waals surface area (Å²) in [4.78, 5) is 18.0. The van der Waals surface area contributed by atoms with Gasteiger partial charge in [-0.3, -0.25) is 4.99 Å². The third-order valence-electron chi connectivity index (χ3n) is 4.62. The van der Waals surface area contributed by atoms with Crippen molar-refractivity contribution in [3.63, 3.8) is 0 Å². The minimum absolute atomic E-state index is 0. The third kappa shape index (κ3) is 6.28. The van der Waals surface area contributed by atoms with E-state index < -0.39 is 0 Å². The molecule has 2 heterocycles. The van der Waals surface area contributed by atoms with E-state index in [2.05, 4.69) is 73.8 Å². The first-order valence-electron chi connectivity index (χ1n) is 9.29. The molecule has 3 aromatic rings. The number of rotatable bonds is 7. The number of aromatic nitrogens is 2. The number of halogens is 1. The van der Waals surface area contributed by atoms with Crippen LogP contribution in [0.25, 0.3) is 11.3 Å². The molecule has 0 aliphatic rings. The first-order valence-corrected chi connectivity index (χ1v) is 10.2. The van der Waals surface area contributed by atoms with Gasteiger partial charge < -0.3 is 20.1 Å². The Bertz CT molecular complexity index is 876. The number of aromatic amines is 1. The third-order valence-corrected chi connectivity index (χ3v) is 5.60. The SMILES string of the molecule is CN=C(NCC(c1cccs1)N(C)C)N(C)Cc1ncc(-c2ccccc2)[nH]1.I. The highest BCUT2D eigenvalue weighted by atomic mass is 127. The van der Waals surface area contributed by atoms with E-state index in [0.29, 0.717) is 12.6 Å². The van der Waals surface area contributed by atoms with Gasteiger partial charge in [-0.15, -0.1) is 35.3 Å². The van der Waals surface area contributed by atoms with Crippen LogP contribution in [-0.4, -0.2) is 60.5 Å². The number of hydrogen-bond acceptors (Lipinski definition) is 4. The summed E-state index contributed by atoms with van der Waals surface area (Å²) < 4.78 is 0. The van der Waals surface area contributed by atoms with Crippen molar-refractivity contribution in [3.05, 3.63) is 64.7 Å². The summed E-state index contributed by atoms with van der Waals surface area (Å²) in [5.74, 6) is 1.76. The molecule has 1 unspecified atom stereocenters. The molecule has 0 amide bonds. The van der Waals surface area contributed by atoms with Crippen LogP contribution in [0.15, 0.2) is 59.0 Å². The summed E-state index contributed by atoms with van der Waals surface area (Å²) >= 11 is 1.78. The zero-order valence-electron chi connectivity index (χ0n) is 17.3. The van der Waals surface area contributed by atoms with Gasteiger partial charge in [0.05, 0.1) is 24.5 Å². The topological polar surface area (TPSA) is 59.6 Å². The summed E-state index contributed by atoms with van der Waals surface area (Å²) in [6, 6.07) is 14.8. The maximum atomic E-state index is 4.53. The summed E-state index contributed by atoms with van der Waals surface area (Å²) in [5.41, 5.74) is 2.16. The second-order valence-corrected chi connectivity index (χ2v) is 7.87. The molecule has 2 N–H and O–H groups in total. The van der Waals surface area contributed by atoms with Crippen molar-refractivity contribution in [2.75, 3.05) is 34.7 Å². The molecule has 3 rings (SSSR count). The maximum Gasteiger partial charge on any atom is 0.193 e. The highest BCUT2D eigenvalue weighted by molar-refractivity contribution is 14.0. The molecular weight excluding hydrogens is 495 g/mol. The zero-order valence-corrected chi connectivity index (χ0v) is 20.4. The van der Waals surface area contributed by atoms with Crippen LogP contribution in [0.1, 0.15) is 16.7 Å². The summed E-state index contributed by atoms with van der Waals surface area (Å²) in [6.45, 7) is 1.44. The van der Waals surface area contributed by atoms with Crippen molar-refractivity contribution >= 4 is 41.3 Å². The first kappa shape index (κ1) is 23.4. The van der Waals surface area contributed by atoms with Crippen molar-refractivity contribution in [2.24, 2.45) is 4.99 Å². The van der Waals surface area contributed by atoms with Gasteiger partial charge in [0.1, 0.15) is 5.82 Å². The molecule has 0 bridgehead atoms. The second-order valence-electron chi connectivity index (χ2n) is 6.89. The number of thiophene rings is 1. The number of aliphatic imine (C=N–C) groups is 1. The van der Waals surface area contributed by atoms with E-state index in [1.807, 2.05) is 38.5 Å². The lowest BCUT2D eigenvalue weighted by Gasteiger charge is -2.27. The van der Waals surface area contributed by atoms with E-state index in [0.717, 1.165) is 29.6 Å². The van der Waals surface area contributed by atoms with Crippen molar-refractivity contribution in [2.45, 2.75) is 12.6 Å². The number of likely N-dealkylation sites (N-methyl/N-ethyl adjacent to an activating group) is 1. The summed E-state index contributed by atoms with van der Waals surface area (Å²) in [6.07, 6.45) is 1.88. The molecule has 0 fully saturated rings. The van der Waals surface area contributed by atoms with Gasteiger partial charge in [-0.25, -0.2) is 4.98 Å². The number of benzene rings is 1. The van der Waals surface area contributed by atoms with Crippen molar-refractivity contribution in [1.29, 1.82) is 0 Å². The molecule has 156 valence electrons. The van der Waals surface area contributed by atoms with Gasteiger partial charge in [0, 0.05) is 25.5 Å². The van der Waals surface area contributed by atoms with Crippen LogP contribution in [0.2, 0.25) is 0 Å². The zero-order chi connectivity index (χ0) is 19.9. The quantitative estimate of drug-likeness (QED) is 0.278. The number of guanidine groups is 1. The number of hydrogen-bond donors (Lipinski definition) is 2. The molecule has 0 saturated carbocycles. The van der Waals surface area contributed by atoms with Crippen molar-refractivity contribution < 1.29 is 0 Å². The van der Waals surface area contributed by atoms with Gasteiger partial charge in [0.2, 0.25) is 0 Å². The van der Waals surface area contributed by atoms with E-state index in [1.165, 1.54) is 4.88 Å². The van der Waals surface area contributed by atoms with Crippen LogP contribution in [-0.2, 0) is 6.54 Å². The Morgan fingerprint density at radius 3 is 2.55 bits per heavy atom. The van der Waals surface area contributed by atoms with E-state index in [1.54, 1.807) is 11.3 Å². The molecule has 1 aromatic carbocycles. The van der Waals surface area contributed by atoms with Crippen LogP contribution < -0.4 is 5.32 Å². The Balaban J connectivity index is 0.00000300. The van der Waals surface area contributed by atoms with Gasteiger partial charge in [-0.1, -0.05) is 36.4 Å². The number of nitrogens with zero attached hydrogens (tertiary/aromatic N) is 4. The molecule has 0 saturated heterocycles. The Kier molecular flexibility index (Phi) is 9.12. The number of imidazole rings is 1. The largest absolute Gasteiger partial charge is 0.354 e. The average Bonchev–Trinajstić information content (AvgIpc) is 3.38. The first-order chi connectivity index (χ1) is 13.6. The van der Waals surface area contributed by atoms with Gasteiger partial charge in [-0.05, 0) is 31.1 Å². The second kappa shape index (κ2) is 11.3. The molecular formula is C21H29IN6S. The normalized spacial score (nSPS) is 12.5. The number of H-pyrrole nitrogens is 1. The van der Waals surface area contributed by atoms with E-state index in [9.17, 15) is 0 Å². The molecule has 0 aliphatic carbocycles. The van der Waals surface area contributed by atoms with Gasteiger partial charge in [0.15, 0.2) is 5.96 Å². The molecule has 0 radical (unpaired) electrons. The number of nitrogens with one attached hydrogen (secondary N) is 2. The van der Waals surface area contributed by atoms with E-state index in [-0.39, 0.29) is 24.0 Å². The molecule has 2 aromatic heterocycles. The minimum atomic E-state index is 0. The molecule has 1 atom stereocenters. The monoisotopic (exact) mass is 524 g/mol. The van der Waals surface area contributed by atoms with Gasteiger partial charge in [-0.2, -0.15) is 0 Å². The molecule has 0 spiro atoms. The average molecular weight is 524 g/mol. The summed E-state index contributed by atoms with van der Waals surface area (Å²) in [7, 11) is 8.04. The highest BCUT2D eigenvalue weighted by Crippen LogP contribution is 2.22. The lowest BCUT2D eigenvalue weighted by atomic mass is 10.2. The van der Waals surface area contributed by atoms with Gasteiger partial charge in [0.25, 0.3) is 0 Å². The Hall–Kier alpha value is -1.91. The Morgan fingerprint density at radius 1 is 1.17 bits per heavy atom. The standard InChI is InChI=1S/C21H28N6S.HI/c1-22-21(24-14-18(26(2)3)19-11-8-12-28-19)27(4)15-20-23-13-17(25-20)16-9-6-5-7-10-16;/h5-13,18H,14-15H2,1-4H3,(H,22,24)(H,23,25);1H. The predicted molar refractivity (Wildman–Crippen MR) is 133 cm³/mol. The Labute approximate surface area is 194 Å². The fraction of sp³-hybridized carbons (Fsp3) is 0.333. The van der Waals surface area contributed by atoms with Crippen molar-refractivity contribution in [3.8, 4) is 11.3 Å². The van der Waals surface area contributed by atoms with Crippen molar-refractivity contribution in [1.82, 2.24) is 25.1 Å². The minimum Gasteiger partial charge on any atom is -0.354 e. The predicted octanol–water partition coefficient (Wildman–Crippen LogP) is 4.07. The van der Waals surface area contributed by atoms with Gasteiger partial charge >= 0.3 is 0 Å². The molecule has 8 heteroatoms. The lowest BCUT2D eigenvalue weighted by Crippen LogP contribution is -2.42. The Morgan fingerprint density at radius 2 is 1.93 bits per heavy atom. The molecule has 0 aliphatic heterocycles. The van der Waals surface area contributed by atoms with Crippen LogP contribution >= 0.6 is 35.3 Å². The smallest absolute Gasteiger partial charge is 0.193 e. The van der Waals surface area contributed by atoms with Crippen LogP contribution in [0.3, 0.4) is 0 Å². The molecule has 29 heavy (non-hydrogen) atoms. The van der Waals surface area contributed by atoms with E-state index in [4.69, 9.17) is 0 Å². The summed E-state index contributed by atoms with van der Waals surface area (Å²) in [5, 5.41) is 5.62. The van der Waals surface area contributed by atoms with E-state index >= 15 is 0 Å². The van der Waals surface area contributed by atoms with Crippen LogP contribution in [0.5, 0.6) is 0 Å². The van der Waals surface area contributed by atoms with Crippen LogP contribution in [0, 0.1) is 0 Å². The fourth-order valence-electron chi connectivity index (χ4n) is 3.10. The molecule has 6 nitrogen and oxygen atoms in total. The fourth-order valence-corrected chi connectivity index (χ4v) is 4.02. The highest BCUT2D eigenvalue weighted by Gasteiger charge is 2.17.